The predicted molar refractivity (Wildman–Crippen MR) is 131 cm³/mol. The summed E-state index contributed by atoms with van der Waals surface area (Å²) in [6.45, 7) is 1.67. The SMILES string of the molecule is CCl.CNc1cc2c(c3ccccc13)CCN2C(=O)c1cc2c3c(ccc2[nH]1)NCC3. The molecule has 6 heteroatoms. The summed E-state index contributed by atoms with van der Waals surface area (Å²) in [5, 5.41) is 10.3. The third kappa shape index (κ3) is 3.03. The number of hydrogen-bond acceptors (Lipinski definition) is 3. The molecule has 1 amide bonds. The summed E-state index contributed by atoms with van der Waals surface area (Å²) in [4.78, 5) is 18.8. The van der Waals surface area contributed by atoms with Crippen LogP contribution in [0.4, 0.5) is 17.1 Å². The summed E-state index contributed by atoms with van der Waals surface area (Å²) in [6.07, 6.45) is 3.35. The van der Waals surface area contributed by atoms with E-state index >= 15 is 0 Å². The van der Waals surface area contributed by atoms with Crippen molar-refractivity contribution < 1.29 is 4.79 Å². The second-order valence-corrected chi connectivity index (χ2v) is 7.84. The predicted octanol–water partition coefficient (Wildman–Crippen LogP) is 5.39. The number of benzene rings is 3. The van der Waals surface area contributed by atoms with Crippen molar-refractivity contribution in [3.05, 3.63) is 65.4 Å². The van der Waals surface area contributed by atoms with Gasteiger partial charge in [-0.25, -0.2) is 0 Å². The van der Waals surface area contributed by atoms with E-state index in [2.05, 4.69) is 69.7 Å². The number of aromatic nitrogens is 1. The van der Waals surface area contributed by atoms with Crippen molar-refractivity contribution in [2.24, 2.45) is 0 Å². The summed E-state index contributed by atoms with van der Waals surface area (Å²) in [7, 11) is 1.93. The smallest absolute Gasteiger partial charge is 0.274 e. The molecular formula is C25H25ClN4O. The van der Waals surface area contributed by atoms with Gasteiger partial charge in [-0.15, -0.1) is 11.6 Å². The van der Waals surface area contributed by atoms with Crippen LogP contribution in [0.5, 0.6) is 0 Å². The standard InChI is InChI=1S/C24H22N4O.CH3Cl/c1-25-21-13-23-17(14-4-2-3-5-15(14)21)9-11-28(23)24(29)22-12-18-16-8-10-26-19(16)6-7-20(18)27-22;1-2/h2-7,12-13,25-27H,8-11H2,1H3;1H3. The summed E-state index contributed by atoms with van der Waals surface area (Å²) >= 11 is 4.64. The number of amides is 1. The molecule has 2 aliphatic rings. The maximum Gasteiger partial charge on any atom is 0.274 e. The highest BCUT2D eigenvalue weighted by Gasteiger charge is 2.29. The van der Waals surface area contributed by atoms with Crippen molar-refractivity contribution in [1.82, 2.24) is 4.98 Å². The Labute approximate surface area is 186 Å². The van der Waals surface area contributed by atoms with Crippen LogP contribution in [0.15, 0.2) is 48.5 Å². The number of H-pyrrole nitrogens is 1. The number of nitrogens with one attached hydrogen (secondary N) is 3. The molecule has 0 saturated carbocycles. The third-order valence-electron chi connectivity index (χ3n) is 6.36. The van der Waals surface area contributed by atoms with Crippen LogP contribution in [-0.4, -0.2) is 37.4 Å². The van der Waals surface area contributed by atoms with Crippen LogP contribution < -0.4 is 15.5 Å². The number of anilines is 3. The number of alkyl halides is 1. The molecule has 2 aliphatic heterocycles. The molecule has 31 heavy (non-hydrogen) atoms. The normalized spacial score (nSPS) is 14.1. The maximum atomic E-state index is 13.5. The molecule has 0 fully saturated rings. The first-order valence-electron chi connectivity index (χ1n) is 10.5. The number of aromatic amines is 1. The van der Waals surface area contributed by atoms with Gasteiger partial charge < -0.3 is 20.5 Å². The molecule has 0 radical (unpaired) electrons. The van der Waals surface area contributed by atoms with Gasteiger partial charge in [0, 0.05) is 59.9 Å². The minimum absolute atomic E-state index is 0.0389. The molecule has 0 bridgehead atoms. The number of rotatable bonds is 2. The average molecular weight is 433 g/mol. The van der Waals surface area contributed by atoms with E-state index in [1.807, 2.05) is 18.0 Å². The molecule has 0 saturated heterocycles. The molecule has 0 unspecified atom stereocenters. The fourth-order valence-electron chi connectivity index (χ4n) is 4.97. The molecule has 158 valence electrons. The van der Waals surface area contributed by atoms with Gasteiger partial charge in [-0.1, -0.05) is 24.3 Å². The summed E-state index contributed by atoms with van der Waals surface area (Å²) < 4.78 is 0. The Kier molecular flexibility index (Phi) is 4.98. The Bertz CT molecular complexity index is 1310. The highest BCUT2D eigenvalue weighted by molar-refractivity contribution is 6.15. The molecule has 3 N–H and O–H groups in total. The van der Waals surface area contributed by atoms with Crippen LogP contribution in [0.1, 0.15) is 21.6 Å². The zero-order chi connectivity index (χ0) is 21.5. The fourth-order valence-corrected chi connectivity index (χ4v) is 4.97. The van der Waals surface area contributed by atoms with E-state index in [0.29, 0.717) is 12.2 Å². The van der Waals surface area contributed by atoms with Crippen molar-refractivity contribution in [2.75, 3.05) is 42.1 Å². The first-order valence-corrected chi connectivity index (χ1v) is 11.3. The number of carbonyl (C=O) groups excluding carboxylic acids is 1. The fraction of sp³-hybridized carbons (Fsp3) is 0.240. The van der Waals surface area contributed by atoms with Gasteiger partial charge in [0.05, 0.1) is 0 Å². The largest absolute Gasteiger partial charge is 0.388 e. The molecule has 4 aromatic rings. The van der Waals surface area contributed by atoms with Gasteiger partial charge in [-0.05, 0) is 53.6 Å². The maximum absolute atomic E-state index is 13.5. The lowest BCUT2D eigenvalue weighted by molar-refractivity contribution is 0.0985. The molecule has 3 heterocycles. The van der Waals surface area contributed by atoms with Gasteiger partial charge >= 0.3 is 0 Å². The molecule has 0 aliphatic carbocycles. The zero-order valence-corrected chi connectivity index (χ0v) is 18.4. The molecule has 6 rings (SSSR count). The second kappa shape index (κ2) is 7.82. The van der Waals surface area contributed by atoms with Crippen LogP contribution in [0.3, 0.4) is 0 Å². The number of hydrogen-bond donors (Lipinski definition) is 3. The number of carbonyl (C=O) groups is 1. The molecule has 0 atom stereocenters. The zero-order valence-electron chi connectivity index (χ0n) is 17.7. The monoisotopic (exact) mass is 432 g/mol. The van der Waals surface area contributed by atoms with E-state index in [1.54, 1.807) is 0 Å². The van der Waals surface area contributed by atoms with Gasteiger partial charge in [-0.2, -0.15) is 0 Å². The molecule has 3 aromatic carbocycles. The Hall–Kier alpha value is -3.18. The van der Waals surface area contributed by atoms with Gasteiger partial charge in [0.15, 0.2) is 0 Å². The summed E-state index contributed by atoms with van der Waals surface area (Å²) in [6, 6.07) is 16.7. The first kappa shape index (κ1) is 19.8. The summed E-state index contributed by atoms with van der Waals surface area (Å²) in [5.74, 6) is 0.0389. The average Bonchev–Trinajstić information content (AvgIpc) is 3.56. The van der Waals surface area contributed by atoms with Gasteiger partial charge in [-0.3, -0.25) is 4.79 Å². The van der Waals surface area contributed by atoms with Crippen molar-refractivity contribution in [1.29, 1.82) is 0 Å². The van der Waals surface area contributed by atoms with Gasteiger partial charge in [0.25, 0.3) is 5.91 Å². The van der Waals surface area contributed by atoms with Crippen LogP contribution in [-0.2, 0) is 12.8 Å². The molecule has 1 aromatic heterocycles. The van der Waals surface area contributed by atoms with Crippen molar-refractivity contribution in [2.45, 2.75) is 12.8 Å². The van der Waals surface area contributed by atoms with E-state index in [-0.39, 0.29) is 5.91 Å². The second-order valence-electron chi connectivity index (χ2n) is 7.84. The minimum Gasteiger partial charge on any atom is -0.388 e. The highest BCUT2D eigenvalue weighted by atomic mass is 35.5. The molecule has 0 spiro atoms. The third-order valence-corrected chi connectivity index (χ3v) is 6.36. The van der Waals surface area contributed by atoms with Crippen molar-refractivity contribution in [3.63, 3.8) is 0 Å². The number of fused-ring (bicyclic) bond motifs is 6. The van der Waals surface area contributed by atoms with Crippen LogP contribution >= 0.6 is 11.6 Å². The van der Waals surface area contributed by atoms with Gasteiger partial charge in [0.1, 0.15) is 5.69 Å². The quantitative estimate of drug-likeness (QED) is 0.372. The summed E-state index contributed by atoms with van der Waals surface area (Å²) in [5.41, 5.74) is 7.52. The Morgan fingerprint density at radius 2 is 1.81 bits per heavy atom. The lowest BCUT2D eigenvalue weighted by atomic mass is 10.0. The molecule has 5 nitrogen and oxygen atoms in total. The van der Waals surface area contributed by atoms with E-state index in [4.69, 9.17) is 0 Å². The Balaban J connectivity index is 0.000000994. The Morgan fingerprint density at radius 3 is 2.61 bits per heavy atom. The van der Waals surface area contributed by atoms with E-state index in [1.165, 1.54) is 34.0 Å². The molecular weight excluding hydrogens is 408 g/mol. The van der Waals surface area contributed by atoms with Crippen LogP contribution in [0, 0.1) is 0 Å². The van der Waals surface area contributed by atoms with E-state index in [0.717, 1.165) is 41.7 Å². The van der Waals surface area contributed by atoms with Crippen molar-refractivity contribution in [3.8, 4) is 0 Å². The highest BCUT2D eigenvalue weighted by Crippen LogP contribution is 2.40. The van der Waals surface area contributed by atoms with E-state index in [9.17, 15) is 4.79 Å². The first-order chi connectivity index (χ1) is 15.2. The van der Waals surface area contributed by atoms with Crippen LogP contribution in [0.2, 0.25) is 0 Å². The van der Waals surface area contributed by atoms with Gasteiger partial charge in [0.2, 0.25) is 0 Å². The minimum atomic E-state index is 0.0389. The number of nitrogens with zero attached hydrogens (tertiary/aromatic N) is 1. The lowest BCUT2D eigenvalue weighted by Gasteiger charge is -2.18. The Morgan fingerprint density at radius 1 is 1.00 bits per heavy atom. The van der Waals surface area contributed by atoms with E-state index < -0.39 is 0 Å². The lowest BCUT2D eigenvalue weighted by Crippen LogP contribution is -2.29. The number of halogens is 1. The van der Waals surface area contributed by atoms with Crippen LogP contribution in [0.25, 0.3) is 21.7 Å². The van der Waals surface area contributed by atoms with Crippen molar-refractivity contribution >= 4 is 56.2 Å². The topological polar surface area (TPSA) is 60.2 Å².